The maximum Gasteiger partial charge on any atom is 0.228 e. The molecule has 0 fully saturated rings. The molecule has 0 spiro atoms. The molecule has 0 aliphatic carbocycles. The molecule has 160 valence electrons. The van der Waals surface area contributed by atoms with E-state index in [9.17, 15) is 0 Å². The summed E-state index contributed by atoms with van der Waals surface area (Å²) >= 11 is 0. The number of methoxy groups -OCH3 is 1. The van der Waals surface area contributed by atoms with Gasteiger partial charge in [-0.2, -0.15) is 5.26 Å². The van der Waals surface area contributed by atoms with Crippen molar-refractivity contribution in [3.63, 3.8) is 0 Å². The Labute approximate surface area is 183 Å². The Bertz CT molecular complexity index is 1300. The summed E-state index contributed by atoms with van der Waals surface area (Å²) in [6.07, 6.45) is 2.63. The Hall–Kier alpha value is -4.33. The van der Waals surface area contributed by atoms with E-state index in [1.165, 1.54) is 4.80 Å². The second-order valence-corrected chi connectivity index (χ2v) is 7.38. The highest BCUT2D eigenvalue weighted by Crippen LogP contribution is 2.31. The maximum absolute atomic E-state index is 9.13. The van der Waals surface area contributed by atoms with Crippen LogP contribution in [0.25, 0.3) is 17.1 Å². The van der Waals surface area contributed by atoms with Crippen molar-refractivity contribution in [1.29, 1.82) is 5.26 Å². The van der Waals surface area contributed by atoms with Crippen LogP contribution in [0.1, 0.15) is 30.8 Å². The number of hydrogen-bond acceptors (Lipinski definition) is 9. The minimum atomic E-state index is -0.161. The molecule has 0 amide bonds. The van der Waals surface area contributed by atoms with Gasteiger partial charge >= 0.3 is 0 Å². The number of benzene rings is 1. The maximum atomic E-state index is 9.13. The summed E-state index contributed by atoms with van der Waals surface area (Å²) in [5.41, 5.74) is 2.12. The van der Waals surface area contributed by atoms with Crippen LogP contribution in [-0.4, -0.2) is 53.6 Å². The molecule has 5 rings (SSSR count). The molecular formula is C21H20N10O. The van der Waals surface area contributed by atoms with Crippen LogP contribution in [0.4, 0.5) is 5.95 Å². The van der Waals surface area contributed by atoms with Gasteiger partial charge in [0.2, 0.25) is 11.8 Å². The number of pyridine rings is 1. The van der Waals surface area contributed by atoms with Crippen molar-refractivity contribution in [2.24, 2.45) is 0 Å². The van der Waals surface area contributed by atoms with Crippen molar-refractivity contribution in [3.05, 3.63) is 54.0 Å². The number of aromatic nitrogens is 8. The van der Waals surface area contributed by atoms with Crippen LogP contribution in [-0.2, 0) is 6.54 Å². The smallest absolute Gasteiger partial charge is 0.228 e. The van der Waals surface area contributed by atoms with Crippen LogP contribution in [0.2, 0.25) is 0 Å². The molecule has 32 heavy (non-hydrogen) atoms. The molecule has 11 heteroatoms. The first-order valence-electron chi connectivity index (χ1n) is 10.2. The third kappa shape index (κ3) is 3.41. The minimum Gasteiger partial charge on any atom is -0.481 e. The number of anilines is 1. The van der Waals surface area contributed by atoms with E-state index in [4.69, 9.17) is 10.00 Å². The van der Waals surface area contributed by atoms with Crippen molar-refractivity contribution in [3.8, 4) is 29.0 Å². The van der Waals surface area contributed by atoms with Gasteiger partial charge in [-0.05, 0) is 42.8 Å². The summed E-state index contributed by atoms with van der Waals surface area (Å²) in [6.45, 7) is 3.64. The standard InChI is InChI=1S/C21H20N10O/c1-14(19-24-28-31(27-19)17-6-3-5-15(11-17)13-22)29-9-4-10-30-20(25-26-21(29)30)16-7-8-23-18(12-16)32-2/h3,5-8,11-12,14H,4,9-10H2,1-2H3/t14-/m1/s1. The predicted molar refractivity (Wildman–Crippen MR) is 114 cm³/mol. The predicted octanol–water partition coefficient (Wildman–Crippen LogP) is 2.17. The lowest BCUT2D eigenvalue weighted by atomic mass is 10.2. The Kier molecular flexibility index (Phi) is 4.95. The SMILES string of the molecule is COc1cc(-c2nnc3n2CCCN3[C@H](C)c2nnn(-c3cccc(C#N)c3)n2)ccn1. The van der Waals surface area contributed by atoms with Crippen LogP contribution in [0.3, 0.4) is 0 Å². The first-order valence-corrected chi connectivity index (χ1v) is 10.2. The fourth-order valence-corrected chi connectivity index (χ4v) is 3.79. The molecule has 0 N–H and O–H groups in total. The first-order chi connectivity index (χ1) is 15.7. The Morgan fingerprint density at radius 2 is 2.03 bits per heavy atom. The number of fused-ring (bicyclic) bond motifs is 1. The molecule has 1 atom stereocenters. The fourth-order valence-electron chi connectivity index (χ4n) is 3.79. The van der Waals surface area contributed by atoms with Crippen molar-refractivity contribution in [2.75, 3.05) is 18.6 Å². The second kappa shape index (κ2) is 8.07. The van der Waals surface area contributed by atoms with Gasteiger partial charge < -0.3 is 9.64 Å². The molecule has 0 saturated carbocycles. The molecule has 4 aromatic rings. The van der Waals surface area contributed by atoms with Gasteiger partial charge in [0, 0.05) is 30.9 Å². The van der Waals surface area contributed by atoms with E-state index in [0.29, 0.717) is 23.0 Å². The Morgan fingerprint density at radius 3 is 2.88 bits per heavy atom. The van der Waals surface area contributed by atoms with Gasteiger partial charge in [0.1, 0.15) is 0 Å². The number of nitrogens with zero attached hydrogens (tertiary/aromatic N) is 10. The van der Waals surface area contributed by atoms with Gasteiger partial charge in [0.05, 0.1) is 30.5 Å². The van der Waals surface area contributed by atoms with Crippen LogP contribution < -0.4 is 9.64 Å². The zero-order chi connectivity index (χ0) is 22.1. The normalized spacial score (nSPS) is 14.0. The Balaban J connectivity index is 1.44. The zero-order valence-corrected chi connectivity index (χ0v) is 17.6. The Morgan fingerprint density at radius 1 is 1.12 bits per heavy atom. The highest BCUT2D eigenvalue weighted by Gasteiger charge is 2.29. The van der Waals surface area contributed by atoms with Crippen LogP contribution in [0.5, 0.6) is 5.88 Å². The molecule has 0 radical (unpaired) electrons. The van der Waals surface area contributed by atoms with Crippen LogP contribution >= 0.6 is 0 Å². The summed E-state index contributed by atoms with van der Waals surface area (Å²) in [5.74, 6) is 2.62. The lowest BCUT2D eigenvalue weighted by molar-refractivity contribution is 0.398. The van der Waals surface area contributed by atoms with E-state index in [2.05, 4.69) is 46.1 Å². The van der Waals surface area contributed by atoms with Gasteiger partial charge in [-0.1, -0.05) is 6.07 Å². The molecule has 4 heterocycles. The zero-order valence-electron chi connectivity index (χ0n) is 17.6. The summed E-state index contributed by atoms with van der Waals surface area (Å²) in [6, 6.07) is 12.8. The van der Waals surface area contributed by atoms with E-state index in [0.717, 1.165) is 36.8 Å². The largest absolute Gasteiger partial charge is 0.481 e. The number of rotatable bonds is 5. The average molecular weight is 428 g/mol. The first kappa shape index (κ1) is 19.6. The van der Waals surface area contributed by atoms with Crippen molar-refractivity contribution < 1.29 is 4.74 Å². The van der Waals surface area contributed by atoms with E-state index in [1.54, 1.807) is 31.5 Å². The van der Waals surface area contributed by atoms with Gasteiger partial charge in [0.25, 0.3) is 0 Å². The topological polar surface area (TPSA) is 123 Å². The van der Waals surface area contributed by atoms with Gasteiger partial charge in [-0.3, -0.25) is 4.57 Å². The monoisotopic (exact) mass is 428 g/mol. The van der Waals surface area contributed by atoms with E-state index < -0.39 is 0 Å². The van der Waals surface area contributed by atoms with Crippen LogP contribution in [0.15, 0.2) is 42.6 Å². The number of ether oxygens (including phenoxy) is 1. The minimum absolute atomic E-state index is 0.161. The summed E-state index contributed by atoms with van der Waals surface area (Å²) < 4.78 is 7.34. The summed E-state index contributed by atoms with van der Waals surface area (Å²) in [7, 11) is 1.59. The third-order valence-corrected chi connectivity index (χ3v) is 5.45. The highest BCUT2D eigenvalue weighted by molar-refractivity contribution is 5.59. The molecule has 1 aliphatic rings. The van der Waals surface area contributed by atoms with E-state index in [1.807, 2.05) is 25.1 Å². The third-order valence-electron chi connectivity index (χ3n) is 5.45. The molecule has 1 aromatic carbocycles. The van der Waals surface area contributed by atoms with Crippen molar-refractivity contribution >= 4 is 5.95 Å². The number of nitriles is 1. The molecule has 3 aromatic heterocycles. The van der Waals surface area contributed by atoms with E-state index in [-0.39, 0.29) is 6.04 Å². The molecule has 1 aliphatic heterocycles. The molecule has 11 nitrogen and oxygen atoms in total. The number of hydrogen-bond donors (Lipinski definition) is 0. The second-order valence-electron chi connectivity index (χ2n) is 7.38. The lowest BCUT2D eigenvalue weighted by Gasteiger charge is -2.32. The summed E-state index contributed by atoms with van der Waals surface area (Å²) in [5, 5.41) is 31.0. The summed E-state index contributed by atoms with van der Waals surface area (Å²) in [4.78, 5) is 7.74. The molecule has 0 saturated heterocycles. The number of tetrazole rings is 1. The quantitative estimate of drug-likeness (QED) is 0.470. The molecule has 0 bridgehead atoms. The van der Waals surface area contributed by atoms with Gasteiger partial charge in [-0.25, -0.2) is 4.98 Å². The van der Waals surface area contributed by atoms with Gasteiger partial charge in [0.15, 0.2) is 11.6 Å². The van der Waals surface area contributed by atoms with Crippen LogP contribution in [0, 0.1) is 11.3 Å². The van der Waals surface area contributed by atoms with Crippen molar-refractivity contribution in [1.82, 2.24) is 40.0 Å². The fraction of sp³-hybridized carbons (Fsp3) is 0.286. The molecular weight excluding hydrogens is 408 g/mol. The molecule has 0 unspecified atom stereocenters. The van der Waals surface area contributed by atoms with Gasteiger partial charge in [-0.15, -0.1) is 25.2 Å². The lowest BCUT2D eigenvalue weighted by Crippen LogP contribution is -2.35. The van der Waals surface area contributed by atoms with Crippen molar-refractivity contribution in [2.45, 2.75) is 25.9 Å². The van der Waals surface area contributed by atoms with E-state index >= 15 is 0 Å². The highest BCUT2D eigenvalue weighted by atomic mass is 16.5. The average Bonchev–Trinajstić information content (AvgIpc) is 3.51.